The van der Waals surface area contributed by atoms with Crippen molar-refractivity contribution in [2.75, 3.05) is 0 Å². The number of hydrogen-bond acceptors (Lipinski definition) is 0. The zero-order chi connectivity index (χ0) is 14.4. The Labute approximate surface area is 117 Å². The van der Waals surface area contributed by atoms with Crippen molar-refractivity contribution in [3.05, 3.63) is 0 Å². The van der Waals surface area contributed by atoms with E-state index in [4.69, 9.17) is 0 Å². The SMILES string of the molecule is CC(CCCCC(C)CC(C)(C)C)CC(C)(C)C. The number of hydrogen-bond donors (Lipinski definition) is 0. The van der Waals surface area contributed by atoms with E-state index in [0.717, 1.165) is 11.8 Å². The zero-order valence-electron chi connectivity index (χ0n) is 14.4. The summed E-state index contributed by atoms with van der Waals surface area (Å²) in [6.45, 7) is 19.0. The maximum Gasteiger partial charge on any atom is -0.0380 e. The first-order valence-electron chi connectivity index (χ1n) is 7.99. The molecule has 0 spiro atoms. The second-order valence-electron chi connectivity index (χ2n) is 9.02. The molecule has 110 valence electrons. The van der Waals surface area contributed by atoms with E-state index in [1.165, 1.54) is 38.5 Å². The van der Waals surface area contributed by atoms with Crippen LogP contribution in [0.2, 0.25) is 0 Å². The van der Waals surface area contributed by atoms with Gasteiger partial charge in [-0.3, -0.25) is 0 Å². The van der Waals surface area contributed by atoms with Gasteiger partial charge < -0.3 is 0 Å². The van der Waals surface area contributed by atoms with Gasteiger partial charge in [-0.2, -0.15) is 0 Å². The van der Waals surface area contributed by atoms with E-state index in [0.29, 0.717) is 10.8 Å². The average Bonchev–Trinajstić information content (AvgIpc) is 2.06. The van der Waals surface area contributed by atoms with Gasteiger partial charge in [0.05, 0.1) is 0 Å². The quantitative estimate of drug-likeness (QED) is 0.444. The van der Waals surface area contributed by atoms with Crippen molar-refractivity contribution in [1.29, 1.82) is 0 Å². The van der Waals surface area contributed by atoms with Crippen molar-refractivity contribution in [2.45, 2.75) is 93.9 Å². The fourth-order valence-corrected chi connectivity index (χ4v) is 3.28. The third-order valence-corrected chi connectivity index (χ3v) is 3.57. The summed E-state index contributed by atoms with van der Waals surface area (Å²) in [7, 11) is 0. The van der Waals surface area contributed by atoms with Gasteiger partial charge in [-0.1, -0.05) is 81.1 Å². The van der Waals surface area contributed by atoms with E-state index >= 15 is 0 Å². The molecule has 0 aromatic heterocycles. The minimum absolute atomic E-state index is 0.499. The van der Waals surface area contributed by atoms with E-state index in [2.05, 4.69) is 55.4 Å². The summed E-state index contributed by atoms with van der Waals surface area (Å²) in [6, 6.07) is 0. The maximum absolute atomic E-state index is 2.42. The molecule has 0 aromatic rings. The predicted molar refractivity (Wildman–Crippen MR) is 84.9 cm³/mol. The Morgan fingerprint density at radius 2 is 0.889 bits per heavy atom. The van der Waals surface area contributed by atoms with Crippen molar-refractivity contribution in [3.63, 3.8) is 0 Å². The van der Waals surface area contributed by atoms with E-state index in [-0.39, 0.29) is 0 Å². The molecule has 0 heteroatoms. The highest BCUT2D eigenvalue weighted by molar-refractivity contribution is 4.68. The number of unbranched alkanes of at least 4 members (excludes halogenated alkanes) is 1. The number of rotatable bonds is 7. The van der Waals surface area contributed by atoms with Crippen molar-refractivity contribution in [1.82, 2.24) is 0 Å². The molecule has 0 N–H and O–H groups in total. The van der Waals surface area contributed by atoms with Crippen LogP contribution in [-0.2, 0) is 0 Å². The fourth-order valence-electron chi connectivity index (χ4n) is 3.28. The third kappa shape index (κ3) is 12.5. The molecule has 2 unspecified atom stereocenters. The molecule has 0 aliphatic heterocycles. The summed E-state index contributed by atoms with van der Waals surface area (Å²) in [5.41, 5.74) is 0.998. The summed E-state index contributed by atoms with van der Waals surface area (Å²) in [5, 5.41) is 0. The van der Waals surface area contributed by atoms with Crippen LogP contribution in [0.3, 0.4) is 0 Å². The summed E-state index contributed by atoms with van der Waals surface area (Å²) in [5.74, 6) is 1.78. The smallest absolute Gasteiger partial charge is 0.0380 e. The molecule has 0 fully saturated rings. The van der Waals surface area contributed by atoms with Crippen LogP contribution in [0.15, 0.2) is 0 Å². The maximum atomic E-state index is 2.42. The highest BCUT2D eigenvalue weighted by Gasteiger charge is 2.16. The molecule has 0 aromatic carbocycles. The average molecular weight is 255 g/mol. The topological polar surface area (TPSA) is 0 Å². The zero-order valence-corrected chi connectivity index (χ0v) is 14.4. The van der Waals surface area contributed by atoms with E-state index in [1.807, 2.05) is 0 Å². The predicted octanol–water partition coefficient (Wildman–Crippen LogP) is 6.69. The molecular weight excluding hydrogens is 216 g/mol. The lowest BCUT2D eigenvalue weighted by Crippen LogP contribution is -2.12. The molecule has 0 aliphatic carbocycles. The van der Waals surface area contributed by atoms with E-state index in [1.54, 1.807) is 0 Å². The van der Waals surface area contributed by atoms with Gasteiger partial charge in [-0.15, -0.1) is 0 Å². The van der Waals surface area contributed by atoms with Crippen LogP contribution in [0.4, 0.5) is 0 Å². The Kier molecular flexibility index (Phi) is 7.56. The second kappa shape index (κ2) is 7.56. The van der Waals surface area contributed by atoms with Crippen LogP contribution in [0, 0.1) is 22.7 Å². The lowest BCUT2D eigenvalue weighted by molar-refractivity contribution is 0.276. The van der Waals surface area contributed by atoms with E-state index in [9.17, 15) is 0 Å². The first-order chi connectivity index (χ1) is 7.99. The molecule has 0 nitrogen and oxygen atoms in total. The minimum atomic E-state index is 0.499. The van der Waals surface area contributed by atoms with Gasteiger partial charge in [0.25, 0.3) is 0 Å². The lowest BCUT2D eigenvalue weighted by Gasteiger charge is -2.24. The van der Waals surface area contributed by atoms with Crippen molar-refractivity contribution >= 4 is 0 Å². The molecule has 0 saturated carbocycles. The monoisotopic (exact) mass is 254 g/mol. The summed E-state index contributed by atoms with van der Waals surface area (Å²) in [6.07, 6.45) is 8.41. The third-order valence-electron chi connectivity index (χ3n) is 3.57. The largest absolute Gasteiger partial charge is 0.0625 e. The van der Waals surface area contributed by atoms with Gasteiger partial charge in [-0.05, 0) is 35.5 Å². The van der Waals surface area contributed by atoms with Gasteiger partial charge in [-0.25, -0.2) is 0 Å². The first kappa shape index (κ1) is 18.0. The molecule has 18 heavy (non-hydrogen) atoms. The van der Waals surface area contributed by atoms with Crippen molar-refractivity contribution in [3.8, 4) is 0 Å². The molecule has 0 aliphatic rings. The Hall–Kier alpha value is 0. The Balaban J connectivity index is 3.62. The molecule has 0 bridgehead atoms. The van der Waals surface area contributed by atoms with Gasteiger partial charge in [0.15, 0.2) is 0 Å². The van der Waals surface area contributed by atoms with E-state index < -0.39 is 0 Å². The van der Waals surface area contributed by atoms with Crippen molar-refractivity contribution in [2.24, 2.45) is 22.7 Å². The highest BCUT2D eigenvalue weighted by Crippen LogP contribution is 2.29. The molecule has 0 amide bonds. The molecule has 2 atom stereocenters. The molecule has 0 radical (unpaired) electrons. The Morgan fingerprint density at radius 1 is 0.611 bits per heavy atom. The van der Waals surface area contributed by atoms with Gasteiger partial charge in [0, 0.05) is 0 Å². The fraction of sp³-hybridized carbons (Fsp3) is 1.00. The molecule has 0 rings (SSSR count). The van der Waals surface area contributed by atoms with Crippen molar-refractivity contribution < 1.29 is 0 Å². The highest BCUT2D eigenvalue weighted by atomic mass is 14.2. The first-order valence-corrected chi connectivity index (χ1v) is 7.99. The summed E-state index contributed by atoms with van der Waals surface area (Å²) < 4.78 is 0. The van der Waals surface area contributed by atoms with Gasteiger partial charge >= 0.3 is 0 Å². The van der Waals surface area contributed by atoms with Gasteiger partial charge in [0.2, 0.25) is 0 Å². The molecule has 0 heterocycles. The lowest BCUT2D eigenvalue weighted by atomic mass is 9.82. The Bertz CT molecular complexity index is 177. The van der Waals surface area contributed by atoms with Crippen LogP contribution in [0.1, 0.15) is 93.9 Å². The van der Waals surface area contributed by atoms with Crippen LogP contribution >= 0.6 is 0 Å². The molecular formula is C18H38. The van der Waals surface area contributed by atoms with Crippen LogP contribution in [0.25, 0.3) is 0 Å². The minimum Gasteiger partial charge on any atom is -0.0625 e. The summed E-state index contributed by atoms with van der Waals surface area (Å²) in [4.78, 5) is 0. The normalized spacial score (nSPS) is 16.7. The molecule has 0 saturated heterocycles. The second-order valence-corrected chi connectivity index (χ2v) is 9.02. The van der Waals surface area contributed by atoms with Gasteiger partial charge in [0.1, 0.15) is 0 Å². The Morgan fingerprint density at radius 3 is 1.11 bits per heavy atom. The van der Waals surface area contributed by atoms with Crippen LogP contribution < -0.4 is 0 Å². The summed E-state index contributed by atoms with van der Waals surface area (Å²) >= 11 is 0. The van der Waals surface area contributed by atoms with Crippen LogP contribution in [-0.4, -0.2) is 0 Å². The van der Waals surface area contributed by atoms with Crippen LogP contribution in [0.5, 0.6) is 0 Å². The standard InChI is InChI=1S/C18H38/c1-15(13-17(3,4)5)11-9-10-12-16(2)14-18(6,7)8/h15-16H,9-14H2,1-8H3.